The lowest BCUT2D eigenvalue weighted by atomic mass is 10.1. The predicted octanol–water partition coefficient (Wildman–Crippen LogP) is 3.35. The highest BCUT2D eigenvalue weighted by atomic mass is 32.2. The molecule has 0 radical (unpaired) electrons. The van der Waals surface area contributed by atoms with Gasteiger partial charge in [-0.1, -0.05) is 42.1 Å². The second-order valence-electron chi connectivity index (χ2n) is 6.91. The summed E-state index contributed by atoms with van der Waals surface area (Å²) in [6.45, 7) is 2.23. The van der Waals surface area contributed by atoms with Gasteiger partial charge in [0.2, 0.25) is 5.91 Å². The summed E-state index contributed by atoms with van der Waals surface area (Å²) < 4.78 is 2.08. The summed E-state index contributed by atoms with van der Waals surface area (Å²) in [5.41, 5.74) is 1.67. The zero-order valence-electron chi connectivity index (χ0n) is 16.5. The molecule has 1 atom stereocenters. The summed E-state index contributed by atoms with van der Waals surface area (Å²) in [6, 6.07) is 13.0. The third-order valence-corrected chi connectivity index (χ3v) is 5.85. The molecule has 0 spiro atoms. The maximum atomic E-state index is 12.9. The molecule has 30 heavy (non-hydrogen) atoms. The largest absolute Gasteiger partial charge is 0.338 e. The highest BCUT2D eigenvalue weighted by Gasteiger charge is 2.33. The van der Waals surface area contributed by atoms with E-state index in [1.165, 1.54) is 11.8 Å². The van der Waals surface area contributed by atoms with Gasteiger partial charge in [-0.2, -0.15) is 0 Å². The standard InChI is InChI=1S/C21H22N6O2S/c1-2-23-20(29)24-19(28)17(14-7-4-3-5-8-14)30-21-26-25-18(27(21)16-10-11-16)15-9-6-12-22-13-15/h3-9,12-13,16-17H,2,10-11H2,1H3,(H2,23,24,28,29)/t17-/m0/s1. The number of nitrogens with zero attached hydrogens (tertiary/aromatic N) is 4. The number of rotatable bonds is 7. The monoisotopic (exact) mass is 422 g/mol. The third-order valence-electron chi connectivity index (χ3n) is 4.63. The van der Waals surface area contributed by atoms with Crippen LogP contribution in [0.4, 0.5) is 4.79 Å². The summed E-state index contributed by atoms with van der Waals surface area (Å²) in [5, 5.41) is 13.8. The average Bonchev–Trinajstić information content (AvgIpc) is 3.52. The number of pyridine rings is 1. The van der Waals surface area contributed by atoms with E-state index in [1.807, 2.05) is 42.5 Å². The lowest BCUT2D eigenvalue weighted by Gasteiger charge is -2.17. The van der Waals surface area contributed by atoms with E-state index in [2.05, 4.69) is 30.4 Å². The van der Waals surface area contributed by atoms with Crippen LogP contribution >= 0.6 is 11.8 Å². The van der Waals surface area contributed by atoms with Gasteiger partial charge in [-0.3, -0.25) is 19.7 Å². The fourth-order valence-corrected chi connectivity index (χ4v) is 4.21. The lowest BCUT2D eigenvalue weighted by Crippen LogP contribution is -2.41. The molecule has 0 aliphatic heterocycles. The minimum atomic E-state index is -0.641. The minimum Gasteiger partial charge on any atom is -0.338 e. The van der Waals surface area contributed by atoms with E-state index in [0.717, 1.165) is 29.8 Å². The summed E-state index contributed by atoms with van der Waals surface area (Å²) in [7, 11) is 0. The van der Waals surface area contributed by atoms with Gasteiger partial charge in [-0.05, 0) is 37.5 Å². The Balaban J connectivity index is 1.66. The predicted molar refractivity (Wildman–Crippen MR) is 114 cm³/mol. The molecule has 3 aromatic rings. The number of aromatic nitrogens is 4. The Labute approximate surface area is 178 Å². The van der Waals surface area contributed by atoms with Gasteiger partial charge in [0.05, 0.1) is 0 Å². The molecule has 2 heterocycles. The zero-order valence-corrected chi connectivity index (χ0v) is 17.3. The number of nitrogens with one attached hydrogen (secondary N) is 2. The van der Waals surface area contributed by atoms with E-state index < -0.39 is 17.2 Å². The van der Waals surface area contributed by atoms with Crippen LogP contribution < -0.4 is 10.6 Å². The van der Waals surface area contributed by atoms with E-state index in [1.54, 1.807) is 19.3 Å². The quantitative estimate of drug-likeness (QED) is 0.566. The Kier molecular flexibility index (Phi) is 6.08. The van der Waals surface area contributed by atoms with Crippen molar-refractivity contribution in [2.75, 3.05) is 6.54 Å². The average molecular weight is 423 g/mol. The molecule has 4 rings (SSSR count). The van der Waals surface area contributed by atoms with Crippen molar-refractivity contribution in [3.8, 4) is 11.4 Å². The molecule has 0 bridgehead atoms. The van der Waals surface area contributed by atoms with Crippen LogP contribution in [0.25, 0.3) is 11.4 Å². The van der Waals surface area contributed by atoms with Crippen LogP contribution in [0.3, 0.4) is 0 Å². The maximum absolute atomic E-state index is 12.9. The molecule has 154 valence electrons. The van der Waals surface area contributed by atoms with E-state index in [-0.39, 0.29) is 0 Å². The summed E-state index contributed by atoms with van der Waals surface area (Å²) in [4.78, 5) is 29.1. The number of thioether (sulfide) groups is 1. The highest BCUT2D eigenvalue weighted by molar-refractivity contribution is 8.00. The smallest absolute Gasteiger partial charge is 0.321 e. The number of carbonyl (C=O) groups excluding carboxylic acids is 2. The van der Waals surface area contributed by atoms with Crippen molar-refractivity contribution in [3.63, 3.8) is 0 Å². The molecule has 1 saturated carbocycles. The molecule has 0 unspecified atom stereocenters. The zero-order chi connectivity index (χ0) is 20.9. The molecule has 1 aliphatic rings. The van der Waals surface area contributed by atoms with E-state index in [9.17, 15) is 9.59 Å². The topological polar surface area (TPSA) is 102 Å². The van der Waals surface area contributed by atoms with Gasteiger partial charge in [0.1, 0.15) is 5.25 Å². The first-order valence-electron chi connectivity index (χ1n) is 9.83. The number of amides is 3. The van der Waals surface area contributed by atoms with Crippen molar-refractivity contribution >= 4 is 23.7 Å². The van der Waals surface area contributed by atoms with Crippen LogP contribution in [-0.4, -0.2) is 38.2 Å². The van der Waals surface area contributed by atoms with Crippen molar-refractivity contribution in [1.29, 1.82) is 0 Å². The molecule has 9 heteroatoms. The Morgan fingerprint density at radius 2 is 1.97 bits per heavy atom. The Morgan fingerprint density at radius 3 is 2.63 bits per heavy atom. The van der Waals surface area contributed by atoms with Crippen LogP contribution in [0.2, 0.25) is 0 Å². The van der Waals surface area contributed by atoms with Crippen molar-refractivity contribution in [1.82, 2.24) is 30.4 Å². The summed E-state index contributed by atoms with van der Waals surface area (Å²) in [5.74, 6) is 0.342. The molecular weight excluding hydrogens is 400 g/mol. The SMILES string of the molecule is CCNC(=O)NC(=O)[C@@H](Sc1nnc(-c2cccnc2)n1C1CC1)c1ccccc1. The number of carbonyl (C=O) groups is 2. The molecule has 0 saturated heterocycles. The van der Waals surface area contributed by atoms with E-state index >= 15 is 0 Å². The van der Waals surface area contributed by atoms with Gasteiger partial charge in [-0.25, -0.2) is 4.79 Å². The fraction of sp³-hybridized carbons (Fsp3) is 0.286. The number of imide groups is 1. The van der Waals surface area contributed by atoms with Crippen molar-refractivity contribution in [2.24, 2.45) is 0 Å². The molecule has 1 aromatic carbocycles. The van der Waals surface area contributed by atoms with Crippen LogP contribution in [0.5, 0.6) is 0 Å². The van der Waals surface area contributed by atoms with Crippen LogP contribution in [0.15, 0.2) is 60.0 Å². The Morgan fingerprint density at radius 1 is 1.17 bits per heavy atom. The number of benzene rings is 1. The first-order valence-corrected chi connectivity index (χ1v) is 10.7. The molecule has 1 aliphatic carbocycles. The maximum Gasteiger partial charge on any atom is 0.321 e. The second kappa shape index (κ2) is 9.08. The van der Waals surface area contributed by atoms with Crippen molar-refractivity contribution in [3.05, 3.63) is 60.4 Å². The molecule has 3 amide bonds. The normalized spacial score (nSPS) is 14.2. The molecule has 1 fully saturated rings. The van der Waals surface area contributed by atoms with Gasteiger partial charge in [0.25, 0.3) is 0 Å². The fourth-order valence-electron chi connectivity index (χ4n) is 3.10. The third kappa shape index (κ3) is 4.51. The van der Waals surface area contributed by atoms with E-state index in [0.29, 0.717) is 17.7 Å². The Bertz CT molecular complexity index is 1020. The van der Waals surface area contributed by atoms with Crippen LogP contribution in [0.1, 0.15) is 36.6 Å². The van der Waals surface area contributed by atoms with Gasteiger partial charge in [0.15, 0.2) is 11.0 Å². The number of hydrogen-bond donors (Lipinski definition) is 2. The van der Waals surface area contributed by atoms with Crippen molar-refractivity contribution < 1.29 is 9.59 Å². The summed E-state index contributed by atoms with van der Waals surface area (Å²) in [6.07, 6.45) is 5.56. The highest BCUT2D eigenvalue weighted by Crippen LogP contribution is 2.44. The number of urea groups is 1. The van der Waals surface area contributed by atoms with Crippen LogP contribution in [-0.2, 0) is 4.79 Å². The van der Waals surface area contributed by atoms with Crippen LogP contribution in [0, 0.1) is 0 Å². The Hall–Kier alpha value is -3.20. The van der Waals surface area contributed by atoms with Gasteiger partial charge < -0.3 is 5.32 Å². The number of hydrogen-bond acceptors (Lipinski definition) is 6. The molecular formula is C21H22N6O2S. The summed E-state index contributed by atoms with van der Waals surface area (Å²) >= 11 is 1.30. The first-order chi connectivity index (χ1) is 14.7. The van der Waals surface area contributed by atoms with Crippen molar-refractivity contribution in [2.45, 2.75) is 36.2 Å². The van der Waals surface area contributed by atoms with Gasteiger partial charge in [-0.15, -0.1) is 10.2 Å². The lowest BCUT2D eigenvalue weighted by molar-refractivity contribution is -0.119. The molecule has 8 nitrogen and oxygen atoms in total. The first kappa shape index (κ1) is 20.1. The molecule has 2 aromatic heterocycles. The van der Waals surface area contributed by atoms with Gasteiger partial charge in [0, 0.05) is 30.5 Å². The molecule has 2 N–H and O–H groups in total. The van der Waals surface area contributed by atoms with E-state index in [4.69, 9.17) is 0 Å². The second-order valence-corrected chi connectivity index (χ2v) is 7.98. The van der Waals surface area contributed by atoms with Gasteiger partial charge >= 0.3 is 6.03 Å². The minimum absolute atomic E-state index is 0.306.